The number of carbonyl (C=O) groups is 1. The highest BCUT2D eigenvalue weighted by Crippen LogP contribution is 2.39. The van der Waals surface area contributed by atoms with E-state index in [0.29, 0.717) is 15.6 Å². The molecule has 0 unspecified atom stereocenters. The molecule has 1 fully saturated rings. The maximum absolute atomic E-state index is 15.2. The number of hydrogen-bond donors (Lipinski definition) is 0. The number of rotatable bonds is 7. The summed E-state index contributed by atoms with van der Waals surface area (Å²) < 4.78 is 38.8. The van der Waals surface area contributed by atoms with Gasteiger partial charge in [-0.25, -0.2) is 9.18 Å². The molecule has 12 heteroatoms. The van der Waals surface area contributed by atoms with Crippen molar-refractivity contribution in [3.63, 3.8) is 0 Å². The Labute approximate surface area is 250 Å². The molecule has 4 rings (SSSR count). The molecule has 1 amide bonds. The van der Waals surface area contributed by atoms with Gasteiger partial charge in [-0.05, 0) is 88.7 Å². The van der Waals surface area contributed by atoms with Crippen LogP contribution in [0.5, 0.6) is 11.5 Å². The minimum Gasteiger partial charge on any atom is -0.490 e. The van der Waals surface area contributed by atoms with Crippen LogP contribution in [0.15, 0.2) is 34.8 Å². The first-order valence-electron chi connectivity index (χ1n) is 12.7. The number of benzene rings is 2. The molecule has 0 spiro atoms. The molecule has 0 saturated carbocycles. The first-order valence-corrected chi connectivity index (χ1v) is 14.7. The lowest BCUT2D eigenvalue weighted by atomic mass is 10.2. The van der Waals surface area contributed by atoms with Crippen LogP contribution in [0.3, 0.4) is 0 Å². The van der Waals surface area contributed by atoms with Crippen molar-refractivity contribution >= 4 is 45.0 Å². The second-order valence-electron chi connectivity index (χ2n) is 11.1. The Balaban J connectivity index is 1.49. The Morgan fingerprint density at radius 3 is 2.58 bits per heavy atom. The lowest BCUT2D eigenvalue weighted by Crippen LogP contribution is -2.51. The third-order valence-corrected chi connectivity index (χ3v) is 7.75. The molecule has 1 aromatic heterocycles. The van der Waals surface area contributed by atoms with Gasteiger partial charge in [-0.1, -0.05) is 22.9 Å². The summed E-state index contributed by atoms with van der Waals surface area (Å²) in [4.78, 5) is 14.3. The van der Waals surface area contributed by atoms with Gasteiger partial charge in [0.2, 0.25) is 0 Å². The standard InChI is InChI=1S/C28H32BrClFN3O5S/c1-15(2)38-22-9-8-16(10-19(22)29)24-32-33-25(40-24)18-11-21(31)23(12-20(18)30)36-13-17-14-37-28(6,7)34(17)26(35)39-27(3,4)5/h8-12,15,17H,13-14H2,1-7H3/t17-/m1/s1. The molecular formula is C28H32BrClFN3O5S. The molecule has 1 aliphatic rings. The van der Waals surface area contributed by atoms with Gasteiger partial charge in [0.15, 0.2) is 11.6 Å². The zero-order valence-corrected chi connectivity index (χ0v) is 26.5. The van der Waals surface area contributed by atoms with E-state index in [4.69, 9.17) is 30.5 Å². The van der Waals surface area contributed by atoms with E-state index in [9.17, 15) is 4.79 Å². The summed E-state index contributed by atoms with van der Waals surface area (Å²) in [5.41, 5.74) is -0.346. The predicted molar refractivity (Wildman–Crippen MR) is 157 cm³/mol. The number of halogens is 3. The largest absolute Gasteiger partial charge is 0.490 e. The smallest absolute Gasteiger partial charge is 0.413 e. The van der Waals surface area contributed by atoms with E-state index < -0.39 is 29.3 Å². The predicted octanol–water partition coefficient (Wildman–Crippen LogP) is 7.97. The minimum atomic E-state index is -0.899. The van der Waals surface area contributed by atoms with Crippen LogP contribution >= 0.6 is 38.9 Å². The van der Waals surface area contributed by atoms with E-state index in [2.05, 4.69) is 26.1 Å². The maximum atomic E-state index is 15.2. The fourth-order valence-corrected chi connectivity index (χ4v) is 5.75. The Bertz CT molecular complexity index is 1390. The second kappa shape index (κ2) is 11.8. The van der Waals surface area contributed by atoms with Crippen LogP contribution < -0.4 is 9.47 Å². The number of ether oxygens (including phenoxy) is 4. The lowest BCUT2D eigenvalue weighted by molar-refractivity contribution is -0.0637. The van der Waals surface area contributed by atoms with Gasteiger partial charge in [0, 0.05) is 17.2 Å². The summed E-state index contributed by atoms with van der Waals surface area (Å²) in [5.74, 6) is 0.0687. The SMILES string of the molecule is CC(C)Oc1ccc(-c2nnc(-c3cc(F)c(OC[C@@H]4COC(C)(C)N4C(=O)OC(C)(C)C)cc3Cl)s2)cc1Br. The molecule has 0 radical (unpaired) electrons. The highest BCUT2D eigenvalue weighted by atomic mass is 79.9. The van der Waals surface area contributed by atoms with Crippen LogP contribution in [-0.2, 0) is 9.47 Å². The number of nitrogens with zero attached hydrogens (tertiary/aromatic N) is 3. The van der Waals surface area contributed by atoms with Crippen molar-refractivity contribution in [2.24, 2.45) is 0 Å². The average Bonchev–Trinajstić information content (AvgIpc) is 3.43. The van der Waals surface area contributed by atoms with Gasteiger partial charge in [0.1, 0.15) is 33.7 Å². The molecule has 1 atom stereocenters. The molecule has 1 saturated heterocycles. The maximum Gasteiger partial charge on any atom is 0.413 e. The van der Waals surface area contributed by atoms with Crippen molar-refractivity contribution in [1.82, 2.24) is 15.1 Å². The molecule has 0 N–H and O–H groups in total. The topological polar surface area (TPSA) is 83.0 Å². The Morgan fingerprint density at radius 1 is 1.23 bits per heavy atom. The van der Waals surface area contributed by atoms with Gasteiger partial charge in [-0.3, -0.25) is 4.90 Å². The van der Waals surface area contributed by atoms with Crippen LogP contribution in [0.2, 0.25) is 5.02 Å². The molecule has 1 aliphatic heterocycles. The van der Waals surface area contributed by atoms with Crippen LogP contribution in [0, 0.1) is 5.82 Å². The molecule has 8 nitrogen and oxygen atoms in total. The average molecular weight is 657 g/mol. The van der Waals surface area contributed by atoms with Crippen molar-refractivity contribution < 1.29 is 28.1 Å². The number of amides is 1. The molecule has 216 valence electrons. The van der Waals surface area contributed by atoms with Crippen molar-refractivity contribution in [3.8, 4) is 32.6 Å². The van der Waals surface area contributed by atoms with Crippen LogP contribution in [0.1, 0.15) is 48.5 Å². The van der Waals surface area contributed by atoms with E-state index in [1.165, 1.54) is 28.4 Å². The first kappa shape index (κ1) is 30.5. The molecule has 2 heterocycles. The molecule has 0 bridgehead atoms. The van der Waals surface area contributed by atoms with Gasteiger partial charge < -0.3 is 18.9 Å². The normalized spacial score (nSPS) is 16.9. The summed E-state index contributed by atoms with van der Waals surface area (Å²) in [6, 6.07) is 7.85. The zero-order chi connectivity index (χ0) is 29.4. The minimum absolute atomic E-state index is 0.0103. The van der Waals surface area contributed by atoms with E-state index in [0.717, 1.165) is 15.8 Å². The summed E-state index contributed by atoms with van der Waals surface area (Å²) in [5, 5.41) is 9.87. The first-order chi connectivity index (χ1) is 18.6. The number of hydrogen-bond acceptors (Lipinski definition) is 8. The lowest BCUT2D eigenvalue weighted by Gasteiger charge is -2.35. The van der Waals surface area contributed by atoms with Crippen molar-refractivity contribution in [2.75, 3.05) is 13.2 Å². The highest BCUT2D eigenvalue weighted by molar-refractivity contribution is 9.10. The van der Waals surface area contributed by atoms with E-state index >= 15 is 4.39 Å². The van der Waals surface area contributed by atoms with Crippen molar-refractivity contribution in [2.45, 2.75) is 71.9 Å². The number of carbonyl (C=O) groups excluding carboxylic acids is 1. The van der Waals surface area contributed by atoms with Crippen LogP contribution in [0.4, 0.5) is 9.18 Å². The Kier molecular flexibility index (Phi) is 8.99. The zero-order valence-electron chi connectivity index (χ0n) is 23.4. The van der Waals surface area contributed by atoms with Crippen molar-refractivity contribution in [3.05, 3.63) is 45.6 Å². The molecule has 2 aromatic carbocycles. The van der Waals surface area contributed by atoms with Crippen LogP contribution in [-0.4, -0.2) is 57.9 Å². The third-order valence-electron chi connectivity index (χ3n) is 5.81. The van der Waals surface area contributed by atoms with Crippen molar-refractivity contribution in [1.29, 1.82) is 0 Å². The van der Waals surface area contributed by atoms with E-state index in [1.807, 2.05) is 32.0 Å². The molecule has 0 aliphatic carbocycles. The summed E-state index contributed by atoms with van der Waals surface area (Å²) >= 11 is 11.4. The Morgan fingerprint density at radius 2 is 1.93 bits per heavy atom. The molecule has 40 heavy (non-hydrogen) atoms. The van der Waals surface area contributed by atoms with E-state index in [-0.39, 0.29) is 30.1 Å². The van der Waals surface area contributed by atoms with Gasteiger partial charge >= 0.3 is 6.09 Å². The number of aromatic nitrogens is 2. The van der Waals surface area contributed by atoms with Crippen LogP contribution in [0.25, 0.3) is 21.1 Å². The Hall–Kier alpha value is -2.47. The summed E-state index contributed by atoms with van der Waals surface area (Å²) in [7, 11) is 0. The highest BCUT2D eigenvalue weighted by Gasteiger charge is 2.46. The fraction of sp³-hybridized carbons (Fsp3) is 0.464. The van der Waals surface area contributed by atoms with Gasteiger partial charge in [-0.2, -0.15) is 0 Å². The van der Waals surface area contributed by atoms with Gasteiger partial charge in [0.05, 0.1) is 28.2 Å². The van der Waals surface area contributed by atoms with Gasteiger partial charge in [-0.15, -0.1) is 10.2 Å². The molecular weight excluding hydrogens is 625 g/mol. The van der Waals surface area contributed by atoms with E-state index in [1.54, 1.807) is 34.6 Å². The molecule has 3 aromatic rings. The monoisotopic (exact) mass is 655 g/mol. The van der Waals surface area contributed by atoms with Gasteiger partial charge in [0.25, 0.3) is 0 Å². The summed E-state index contributed by atoms with van der Waals surface area (Å²) in [6.45, 7) is 13.0. The second-order valence-corrected chi connectivity index (χ2v) is 13.3. The third kappa shape index (κ3) is 7.05. The summed E-state index contributed by atoms with van der Waals surface area (Å²) in [6.07, 6.45) is -0.486. The quantitative estimate of drug-likeness (QED) is 0.255. The fourth-order valence-electron chi connectivity index (χ4n) is 4.11.